The Kier molecular flexibility index (Phi) is 3.96. The Morgan fingerprint density at radius 1 is 1.14 bits per heavy atom. The van der Waals surface area contributed by atoms with Crippen LogP contribution in [0, 0.1) is 13.8 Å². The van der Waals surface area contributed by atoms with Crippen LogP contribution in [0.5, 0.6) is 0 Å². The highest BCUT2D eigenvalue weighted by molar-refractivity contribution is 5.54. The highest BCUT2D eigenvalue weighted by Crippen LogP contribution is 2.19. The van der Waals surface area contributed by atoms with Crippen molar-refractivity contribution in [1.29, 1.82) is 0 Å². The molecule has 2 N–H and O–H groups in total. The molecule has 14 heavy (non-hydrogen) atoms. The summed E-state index contributed by atoms with van der Waals surface area (Å²) in [5, 5.41) is 10.3. The van der Waals surface area contributed by atoms with Gasteiger partial charge in [-0.05, 0) is 49.8 Å². The average molecular weight is 192 g/mol. The smallest absolute Gasteiger partial charge is 0.0822 e. The van der Waals surface area contributed by atoms with Crippen LogP contribution in [-0.4, -0.2) is 6.61 Å². The minimum absolute atomic E-state index is 0.0347. The lowest BCUT2D eigenvalue weighted by atomic mass is 10.0. The number of nitrogens with two attached hydrogens (primary N) is 1. The average Bonchev–Trinajstić information content (AvgIpc) is 2.14. The van der Waals surface area contributed by atoms with E-state index < -0.39 is 0 Å². The molecular weight excluding hydrogens is 174 g/mol. The first-order chi connectivity index (χ1) is 6.65. The second-order valence-electron chi connectivity index (χ2n) is 3.80. The zero-order valence-corrected chi connectivity index (χ0v) is 8.97. The van der Waals surface area contributed by atoms with Gasteiger partial charge in [-0.3, -0.25) is 0 Å². The lowest BCUT2D eigenvalue weighted by Crippen LogP contribution is -1.96. The molecule has 0 heterocycles. The molecule has 2 nitrogen and oxygen atoms in total. The van der Waals surface area contributed by atoms with Crippen LogP contribution in [0.1, 0.15) is 29.5 Å². The van der Waals surface area contributed by atoms with Crippen molar-refractivity contribution >= 4 is 5.69 Å². The fraction of sp³-hybridized carbons (Fsp3) is 0.500. The number of aryl methyl sites for hydroxylation is 3. The molecule has 77 valence electrons. The molecule has 1 radical (unpaired) electrons. The molecule has 0 aliphatic rings. The molecule has 2 heteroatoms. The van der Waals surface area contributed by atoms with Crippen molar-refractivity contribution in [2.24, 2.45) is 0 Å². The van der Waals surface area contributed by atoms with Crippen LogP contribution in [-0.2, 0) is 11.5 Å². The molecule has 0 aliphatic heterocycles. The zero-order chi connectivity index (χ0) is 10.6. The quantitative estimate of drug-likeness (QED) is 0.578. The predicted octanol–water partition coefficient (Wildman–Crippen LogP) is 2.64. The fourth-order valence-electron chi connectivity index (χ4n) is 1.64. The van der Waals surface area contributed by atoms with Gasteiger partial charge in [0, 0.05) is 5.69 Å². The second-order valence-corrected chi connectivity index (χ2v) is 3.80. The van der Waals surface area contributed by atoms with E-state index in [1.54, 1.807) is 0 Å². The third-order valence-electron chi connectivity index (χ3n) is 2.51. The Labute approximate surface area is 85.8 Å². The zero-order valence-electron chi connectivity index (χ0n) is 8.97. The molecule has 0 fully saturated rings. The summed E-state index contributed by atoms with van der Waals surface area (Å²) < 4.78 is 0. The normalized spacial score (nSPS) is 10.5. The summed E-state index contributed by atoms with van der Waals surface area (Å²) in [6, 6.07) is 4.24. The Hall–Kier alpha value is -1.02. The first-order valence-electron chi connectivity index (χ1n) is 5.09. The van der Waals surface area contributed by atoms with E-state index in [1.165, 1.54) is 5.56 Å². The first kappa shape index (κ1) is 11.1. The van der Waals surface area contributed by atoms with E-state index in [9.17, 15) is 5.11 Å². The van der Waals surface area contributed by atoms with E-state index in [1.807, 2.05) is 13.8 Å². The molecule has 0 unspecified atom stereocenters. The van der Waals surface area contributed by atoms with Crippen molar-refractivity contribution in [3.63, 3.8) is 0 Å². The highest BCUT2D eigenvalue weighted by Gasteiger charge is 2.01. The summed E-state index contributed by atoms with van der Waals surface area (Å²) in [5.74, 6) is 0. The van der Waals surface area contributed by atoms with E-state index in [0.29, 0.717) is 0 Å². The number of rotatable bonds is 4. The Bertz CT molecular complexity index is 284. The van der Waals surface area contributed by atoms with Crippen LogP contribution in [0.3, 0.4) is 0 Å². The number of hydrogen-bond donors (Lipinski definition) is 1. The maximum Gasteiger partial charge on any atom is 0.0822 e. The van der Waals surface area contributed by atoms with Gasteiger partial charge in [-0.1, -0.05) is 12.1 Å². The molecular formula is C12H18NO. The SMILES string of the molecule is Cc1cc(CCCC[O])cc(C)c1N. The van der Waals surface area contributed by atoms with Crippen molar-refractivity contribution in [2.75, 3.05) is 12.3 Å². The van der Waals surface area contributed by atoms with Crippen molar-refractivity contribution in [2.45, 2.75) is 33.1 Å². The number of hydrogen-bond acceptors (Lipinski definition) is 1. The minimum atomic E-state index is 0.0347. The second kappa shape index (κ2) is 5.01. The lowest BCUT2D eigenvalue weighted by Gasteiger charge is -2.08. The van der Waals surface area contributed by atoms with Gasteiger partial charge in [-0.2, -0.15) is 0 Å². The number of nitrogen functional groups attached to an aromatic ring is 1. The summed E-state index contributed by atoms with van der Waals surface area (Å²) in [6.45, 7) is 4.09. The third-order valence-corrected chi connectivity index (χ3v) is 2.51. The Morgan fingerprint density at radius 2 is 1.71 bits per heavy atom. The predicted molar refractivity (Wildman–Crippen MR) is 58.8 cm³/mol. The topological polar surface area (TPSA) is 45.9 Å². The summed E-state index contributed by atoms with van der Waals surface area (Å²) in [6.07, 6.45) is 2.74. The third kappa shape index (κ3) is 2.74. The van der Waals surface area contributed by atoms with Crippen molar-refractivity contribution in [3.05, 3.63) is 28.8 Å². The largest absolute Gasteiger partial charge is 0.398 e. The molecule has 1 rings (SSSR count). The van der Waals surface area contributed by atoms with Crippen molar-refractivity contribution < 1.29 is 5.11 Å². The standard InChI is InChI=1S/C12H18NO/c1-9-7-11(5-3-4-6-14)8-10(2)12(9)13/h7-8H,3-6,13H2,1-2H3. The van der Waals surface area contributed by atoms with Crippen molar-refractivity contribution in [3.8, 4) is 0 Å². The molecule has 1 aromatic rings. The maximum atomic E-state index is 10.3. The molecule has 1 aromatic carbocycles. The van der Waals surface area contributed by atoms with Crippen LogP contribution in [0.4, 0.5) is 5.69 Å². The number of unbranched alkanes of at least 4 members (excludes halogenated alkanes) is 1. The number of benzene rings is 1. The van der Waals surface area contributed by atoms with Crippen LogP contribution in [0.2, 0.25) is 0 Å². The van der Waals surface area contributed by atoms with E-state index in [0.717, 1.165) is 36.1 Å². The molecule has 0 aromatic heterocycles. The molecule has 0 amide bonds. The molecule has 0 spiro atoms. The molecule has 0 saturated heterocycles. The highest BCUT2D eigenvalue weighted by atomic mass is 16.2. The molecule has 0 saturated carbocycles. The van der Waals surface area contributed by atoms with Gasteiger partial charge in [0.25, 0.3) is 0 Å². The lowest BCUT2D eigenvalue weighted by molar-refractivity contribution is 0.187. The van der Waals surface area contributed by atoms with Crippen LogP contribution in [0.25, 0.3) is 0 Å². The van der Waals surface area contributed by atoms with Gasteiger partial charge in [0.05, 0.1) is 6.61 Å². The van der Waals surface area contributed by atoms with Gasteiger partial charge < -0.3 is 5.73 Å². The van der Waals surface area contributed by atoms with Gasteiger partial charge in [-0.25, -0.2) is 5.11 Å². The van der Waals surface area contributed by atoms with E-state index in [-0.39, 0.29) is 6.61 Å². The Balaban J connectivity index is 2.69. The fourth-order valence-corrected chi connectivity index (χ4v) is 1.64. The van der Waals surface area contributed by atoms with Gasteiger partial charge in [-0.15, -0.1) is 0 Å². The van der Waals surface area contributed by atoms with Crippen LogP contribution in [0.15, 0.2) is 12.1 Å². The van der Waals surface area contributed by atoms with Gasteiger partial charge in [0.1, 0.15) is 0 Å². The van der Waals surface area contributed by atoms with Crippen LogP contribution >= 0.6 is 0 Å². The summed E-state index contributed by atoms with van der Waals surface area (Å²) in [4.78, 5) is 0. The van der Waals surface area contributed by atoms with Gasteiger partial charge in [0.2, 0.25) is 0 Å². The monoisotopic (exact) mass is 192 g/mol. The molecule has 0 bridgehead atoms. The first-order valence-corrected chi connectivity index (χ1v) is 5.09. The molecule has 0 aliphatic carbocycles. The van der Waals surface area contributed by atoms with Gasteiger partial charge in [0.15, 0.2) is 0 Å². The van der Waals surface area contributed by atoms with Gasteiger partial charge >= 0.3 is 0 Å². The Morgan fingerprint density at radius 3 is 2.21 bits per heavy atom. The molecule has 0 atom stereocenters. The summed E-state index contributed by atoms with van der Waals surface area (Å²) in [5.41, 5.74) is 10.3. The van der Waals surface area contributed by atoms with E-state index >= 15 is 0 Å². The van der Waals surface area contributed by atoms with E-state index in [4.69, 9.17) is 5.73 Å². The van der Waals surface area contributed by atoms with E-state index in [2.05, 4.69) is 12.1 Å². The van der Waals surface area contributed by atoms with Crippen molar-refractivity contribution in [1.82, 2.24) is 0 Å². The summed E-state index contributed by atoms with van der Waals surface area (Å²) in [7, 11) is 0. The number of anilines is 1. The van der Waals surface area contributed by atoms with Crippen LogP contribution < -0.4 is 5.73 Å². The minimum Gasteiger partial charge on any atom is -0.398 e. The summed E-state index contributed by atoms with van der Waals surface area (Å²) >= 11 is 0. The maximum absolute atomic E-state index is 10.3.